The van der Waals surface area contributed by atoms with Crippen molar-refractivity contribution in [1.29, 1.82) is 0 Å². The summed E-state index contributed by atoms with van der Waals surface area (Å²) in [4.78, 5) is 14.4. The van der Waals surface area contributed by atoms with Crippen LogP contribution in [-0.4, -0.2) is 50.5 Å². The number of nitrogens with one attached hydrogen (secondary N) is 2. The Morgan fingerprint density at radius 1 is 1.13 bits per heavy atom. The summed E-state index contributed by atoms with van der Waals surface area (Å²) < 4.78 is 1.13. The maximum atomic E-state index is 10.2. The zero-order valence-corrected chi connectivity index (χ0v) is 17.8. The molecule has 0 amide bonds. The maximum Gasteiger partial charge on any atom is 0.224 e. The summed E-state index contributed by atoms with van der Waals surface area (Å²) >= 11 is 1.64. The lowest BCUT2D eigenvalue weighted by Gasteiger charge is -2.18. The molecule has 2 aromatic heterocycles. The predicted octanol–water partition coefficient (Wildman–Crippen LogP) is 3.43. The Balaban J connectivity index is 1.50. The minimum atomic E-state index is -0.492. The average Bonchev–Trinajstić information content (AvgIpc) is 3.36. The molecule has 0 saturated heterocycles. The molecule has 2 fully saturated rings. The number of fused-ring (bicyclic) bond motifs is 1. The molecule has 4 N–H and O–H groups in total. The molecule has 1 aromatic carbocycles. The van der Waals surface area contributed by atoms with Crippen LogP contribution in [-0.2, 0) is 0 Å². The maximum absolute atomic E-state index is 10.2. The quantitative estimate of drug-likeness (QED) is 0.460. The monoisotopic (exact) mass is 425 g/mol. The summed E-state index contributed by atoms with van der Waals surface area (Å²) in [6, 6.07) is 8.16. The molecule has 2 heterocycles. The number of anilines is 2. The van der Waals surface area contributed by atoms with E-state index in [0.29, 0.717) is 18.8 Å². The molecule has 0 spiro atoms. The molecule has 8 heteroatoms. The molecule has 0 radical (unpaired) electrons. The van der Waals surface area contributed by atoms with Crippen molar-refractivity contribution in [2.45, 2.75) is 44.8 Å². The lowest BCUT2D eigenvalue weighted by Crippen LogP contribution is -2.19. The van der Waals surface area contributed by atoms with Gasteiger partial charge in [0.2, 0.25) is 5.95 Å². The standard InChI is InChI=1S/C22H27N5O2S/c1-12-19(21-26-16-4-2-3-5-18(16)30-21)20(25-15-8-14(11-28)17(29)9-15)27-22(24-12)23-10-13-6-7-13/h2-5,13-15,17,28-29H,6-11H2,1H3,(H2,23,24,25,27). The van der Waals surface area contributed by atoms with E-state index < -0.39 is 6.10 Å². The number of nitrogens with zero attached hydrogens (tertiary/aromatic N) is 3. The predicted molar refractivity (Wildman–Crippen MR) is 120 cm³/mol. The Morgan fingerprint density at radius 2 is 1.97 bits per heavy atom. The largest absolute Gasteiger partial charge is 0.396 e. The molecular formula is C22H27N5O2S. The Kier molecular flexibility index (Phi) is 5.30. The fraction of sp³-hybridized carbons (Fsp3) is 0.500. The summed E-state index contributed by atoms with van der Waals surface area (Å²) in [5, 5.41) is 27.5. The van der Waals surface area contributed by atoms with Gasteiger partial charge in [-0.05, 0) is 50.7 Å². The molecule has 0 aliphatic heterocycles. The summed E-state index contributed by atoms with van der Waals surface area (Å²) in [5.74, 6) is 2.01. The number of hydrogen-bond donors (Lipinski definition) is 4. The molecule has 3 atom stereocenters. The second kappa shape index (κ2) is 8.09. The summed E-state index contributed by atoms with van der Waals surface area (Å²) in [6.07, 6.45) is 3.35. The van der Waals surface area contributed by atoms with Crippen LogP contribution in [0.3, 0.4) is 0 Å². The van der Waals surface area contributed by atoms with Crippen molar-refractivity contribution in [2.24, 2.45) is 11.8 Å². The van der Waals surface area contributed by atoms with Crippen LogP contribution in [0.4, 0.5) is 11.8 Å². The van der Waals surface area contributed by atoms with E-state index in [-0.39, 0.29) is 18.6 Å². The van der Waals surface area contributed by atoms with Gasteiger partial charge < -0.3 is 20.8 Å². The first kappa shape index (κ1) is 19.7. The number of hydrogen-bond acceptors (Lipinski definition) is 8. The van der Waals surface area contributed by atoms with Crippen LogP contribution in [0.25, 0.3) is 20.8 Å². The average molecular weight is 426 g/mol. The number of benzene rings is 1. The molecule has 2 aliphatic rings. The van der Waals surface area contributed by atoms with Crippen LogP contribution in [0, 0.1) is 18.8 Å². The van der Waals surface area contributed by atoms with Gasteiger partial charge in [-0.3, -0.25) is 0 Å². The second-order valence-corrected chi connectivity index (χ2v) is 9.52. The minimum absolute atomic E-state index is 0.00106. The Labute approximate surface area is 179 Å². The normalized spacial score (nSPS) is 23.8. The lowest BCUT2D eigenvalue weighted by atomic mass is 10.1. The summed E-state index contributed by atoms with van der Waals surface area (Å²) in [5.41, 5.74) is 2.76. The van der Waals surface area contributed by atoms with Crippen molar-refractivity contribution in [3.63, 3.8) is 0 Å². The van der Waals surface area contributed by atoms with E-state index in [2.05, 4.69) is 16.7 Å². The highest BCUT2D eigenvalue weighted by atomic mass is 32.1. The van der Waals surface area contributed by atoms with Gasteiger partial charge in [0.05, 0.1) is 27.6 Å². The zero-order chi connectivity index (χ0) is 20.7. The van der Waals surface area contributed by atoms with Gasteiger partial charge >= 0.3 is 0 Å². The highest BCUT2D eigenvalue weighted by molar-refractivity contribution is 7.21. The van der Waals surface area contributed by atoms with Crippen LogP contribution < -0.4 is 10.6 Å². The van der Waals surface area contributed by atoms with Crippen LogP contribution in [0.15, 0.2) is 24.3 Å². The van der Waals surface area contributed by atoms with Crippen LogP contribution in [0.5, 0.6) is 0 Å². The third kappa shape index (κ3) is 3.99. The molecule has 0 bridgehead atoms. The first-order valence-corrected chi connectivity index (χ1v) is 11.5. The number of aliphatic hydroxyl groups excluding tert-OH is 2. The molecule has 5 rings (SSSR count). The van der Waals surface area contributed by atoms with Crippen molar-refractivity contribution >= 4 is 33.3 Å². The number of para-hydroxylation sites is 1. The van der Waals surface area contributed by atoms with E-state index in [1.807, 2.05) is 25.1 Å². The van der Waals surface area contributed by atoms with Gasteiger partial charge in [0.1, 0.15) is 10.8 Å². The molecule has 7 nitrogen and oxygen atoms in total. The molecule has 2 aliphatic carbocycles. The number of aromatic nitrogens is 3. The fourth-order valence-corrected chi connectivity index (χ4v) is 5.22. The van der Waals surface area contributed by atoms with Crippen LogP contribution >= 0.6 is 11.3 Å². The van der Waals surface area contributed by atoms with E-state index >= 15 is 0 Å². The first-order chi connectivity index (χ1) is 14.6. The van der Waals surface area contributed by atoms with Crippen molar-refractivity contribution in [3.05, 3.63) is 30.0 Å². The number of aryl methyl sites for hydroxylation is 1. The Bertz CT molecular complexity index is 1020. The first-order valence-electron chi connectivity index (χ1n) is 10.6. The third-order valence-corrected chi connectivity index (χ3v) is 7.13. The van der Waals surface area contributed by atoms with Crippen molar-refractivity contribution in [1.82, 2.24) is 15.0 Å². The Hall–Kier alpha value is -2.29. The molecule has 30 heavy (non-hydrogen) atoms. The fourth-order valence-electron chi connectivity index (χ4n) is 4.16. The summed E-state index contributed by atoms with van der Waals surface area (Å²) in [7, 11) is 0. The van der Waals surface area contributed by atoms with Crippen molar-refractivity contribution < 1.29 is 10.2 Å². The van der Waals surface area contributed by atoms with Gasteiger partial charge in [0, 0.05) is 25.1 Å². The molecule has 158 valence electrons. The van der Waals surface area contributed by atoms with Crippen LogP contribution in [0.1, 0.15) is 31.4 Å². The lowest BCUT2D eigenvalue weighted by molar-refractivity contribution is 0.0908. The zero-order valence-electron chi connectivity index (χ0n) is 17.0. The number of aliphatic hydroxyl groups is 2. The third-order valence-electron chi connectivity index (χ3n) is 6.08. The highest BCUT2D eigenvalue weighted by Gasteiger charge is 2.33. The second-order valence-electron chi connectivity index (χ2n) is 8.49. The molecule has 3 aromatic rings. The minimum Gasteiger partial charge on any atom is -0.396 e. The van der Waals surface area contributed by atoms with Gasteiger partial charge in [0.15, 0.2) is 0 Å². The molecular weight excluding hydrogens is 398 g/mol. The van der Waals surface area contributed by atoms with E-state index in [1.165, 1.54) is 12.8 Å². The van der Waals surface area contributed by atoms with Gasteiger partial charge in [-0.15, -0.1) is 11.3 Å². The van der Waals surface area contributed by atoms with Gasteiger partial charge in [-0.2, -0.15) is 4.98 Å². The van der Waals surface area contributed by atoms with Crippen molar-refractivity contribution in [3.8, 4) is 10.6 Å². The Morgan fingerprint density at radius 3 is 2.70 bits per heavy atom. The molecule has 2 saturated carbocycles. The number of thiazole rings is 1. The SMILES string of the molecule is Cc1nc(NCC2CC2)nc(NC2CC(O)C(CO)C2)c1-c1nc2ccccc2s1. The highest BCUT2D eigenvalue weighted by Crippen LogP contribution is 2.38. The van der Waals surface area contributed by atoms with E-state index in [0.717, 1.165) is 44.8 Å². The molecule has 3 unspecified atom stereocenters. The van der Waals surface area contributed by atoms with E-state index in [1.54, 1.807) is 11.3 Å². The van der Waals surface area contributed by atoms with Crippen molar-refractivity contribution in [2.75, 3.05) is 23.8 Å². The number of rotatable bonds is 7. The van der Waals surface area contributed by atoms with E-state index in [9.17, 15) is 10.2 Å². The van der Waals surface area contributed by atoms with Crippen LogP contribution in [0.2, 0.25) is 0 Å². The van der Waals surface area contributed by atoms with Gasteiger partial charge in [-0.25, -0.2) is 9.97 Å². The van der Waals surface area contributed by atoms with Gasteiger partial charge in [0.25, 0.3) is 0 Å². The topological polar surface area (TPSA) is 103 Å². The van der Waals surface area contributed by atoms with Gasteiger partial charge in [-0.1, -0.05) is 12.1 Å². The summed E-state index contributed by atoms with van der Waals surface area (Å²) in [6.45, 7) is 2.89. The smallest absolute Gasteiger partial charge is 0.224 e. The van der Waals surface area contributed by atoms with E-state index in [4.69, 9.17) is 15.0 Å².